The molecule has 160 valence electrons. The Morgan fingerprint density at radius 3 is 2.61 bits per heavy atom. The summed E-state index contributed by atoms with van der Waals surface area (Å²) in [6.45, 7) is 1.95. The number of pyridine rings is 1. The van der Waals surface area contributed by atoms with Gasteiger partial charge >= 0.3 is 0 Å². The SMILES string of the molecule is Cc1ccc([C@@]2(NC(=O)c3ccc(S(N)(=O)=O)cc3)CCOc3cccnc32)cc1F. The van der Waals surface area contributed by atoms with Crippen LogP contribution in [-0.4, -0.2) is 25.9 Å². The maximum absolute atomic E-state index is 14.5. The molecular weight excluding hydrogens is 421 g/mol. The van der Waals surface area contributed by atoms with E-state index in [4.69, 9.17) is 9.88 Å². The van der Waals surface area contributed by atoms with Crippen molar-refractivity contribution in [2.75, 3.05) is 6.61 Å². The smallest absolute Gasteiger partial charge is 0.252 e. The van der Waals surface area contributed by atoms with Gasteiger partial charge in [-0.05, 0) is 60.5 Å². The Kier molecular flexibility index (Phi) is 5.24. The van der Waals surface area contributed by atoms with Crippen LogP contribution < -0.4 is 15.2 Å². The van der Waals surface area contributed by atoms with Crippen molar-refractivity contribution in [3.63, 3.8) is 0 Å². The van der Waals surface area contributed by atoms with Crippen LogP contribution in [0.15, 0.2) is 65.7 Å². The predicted octanol–water partition coefficient (Wildman–Crippen LogP) is 2.63. The third kappa shape index (κ3) is 3.89. The molecule has 0 spiro atoms. The number of sulfonamides is 1. The van der Waals surface area contributed by atoms with Crippen LogP contribution in [0.1, 0.15) is 33.6 Å². The number of halogens is 1. The van der Waals surface area contributed by atoms with Gasteiger partial charge in [-0.2, -0.15) is 0 Å². The molecule has 0 unspecified atom stereocenters. The fourth-order valence-electron chi connectivity index (χ4n) is 3.66. The zero-order valence-electron chi connectivity index (χ0n) is 16.6. The second-order valence-electron chi connectivity index (χ2n) is 7.34. The summed E-state index contributed by atoms with van der Waals surface area (Å²) >= 11 is 0. The average Bonchev–Trinajstić information content (AvgIpc) is 2.75. The minimum atomic E-state index is -3.88. The van der Waals surface area contributed by atoms with Crippen molar-refractivity contribution >= 4 is 15.9 Å². The molecule has 9 heteroatoms. The molecule has 3 N–H and O–H groups in total. The van der Waals surface area contributed by atoms with E-state index < -0.39 is 27.3 Å². The van der Waals surface area contributed by atoms with Gasteiger partial charge in [-0.25, -0.2) is 17.9 Å². The Morgan fingerprint density at radius 2 is 1.94 bits per heavy atom. The van der Waals surface area contributed by atoms with Crippen molar-refractivity contribution in [3.05, 3.63) is 89.0 Å². The summed E-state index contributed by atoms with van der Waals surface area (Å²) in [6.07, 6.45) is 1.92. The standard InChI is InChI=1S/C22H20FN3O4S/c1-14-4-7-16(13-18(14)23)22(10-12-30-19-3-2-11-25-20(19)22)26-21(27)15-5-8-17(9-6-15)31(24,28)29/h2-9,11,13H,10,12H2,1H3,(H,26,27)(H2,24,28,29)/t22-/m0/s1. The van der Waals surface area contributed by atoms with Crippen molar-refractivity contribution < 1.29 is 22.3 Å². The molecular formula is C22H20FN3O4S. The highest BCUT2D eigenvalue weighted by atomic mass is 32.2. The molecule has 1 aromatic heterocycles. The Bertz CT molecular complexity index is 1260. The first kappa shape index (κ1) is 21.0. The van der Waals surface area contributed by atoms with Crippen molar-refractivity contribution in [2.24, 2.45) is 5.14 Å². The minimum Gasteiger partial charge on any atom is -0.491 e. The summed E-state index contributed by atoms with van der Waals surface area (Å²) in [5.74, 6) is -0.368. The Labute approximate surface area is 179 Å². The average molecular weight is 441 g/mol. The van der Waals surface area contributed by atoms with Gasteiger partial charge in [0.2, 0.25) is 10.0 Å². The number of hydrogen-bond donors (Lipinski definition) is 2. The first-order valence-corrected chi connectivity index (χ1v) is 11.1. The number of carbonyl (C=O) groups excluding carboxylic acids is 1. The number of rotatable bonds is 4. The minimum absolute atomic E-state index is 0.0996. The van der Waals surface area contributed by atoms with Crippen molar-refractivity contribution in [3.8, 4) is 5.75 Å². The van der Waals surface area contributed by atoms with Gasteiger partial charge in [0.15, 0.2) is 0 Å². The summed E-state index contributed by atoms with van der Waals surface area (Å²) in [7, 11) is -3.88. The topological polar surface area (TPSA) is 111 Å². The summed E-state index contributed by atoms with van der Waals surface area (Å²) in [5.41, 5.74) is 0.590. The molecule has 0 saturated carbocycles. The maximum atomic E-state index is 14.5. The maximum Gasteiger partial charge on any atom is 0.252 e. The quantitative estimate of drug-likeness (QED) is 0.647. The third-order valence-electron chi connectivity index (χ3n) is 5.35. The van der Waals surface area contributed by atoms with E-state index >= 15 is 0 Å². The lowest BCUT2D eigenvalue weighted by atomic mass is 9.80. The van der Waals surface area contributed by atoms with E-state index in [1.165, 1.54) is 30.3 Å². The number of nitrogens with two attached hydrogens (primary N) is 1. The number of benzene rings is 2. The number of fused-ring (bicyclic) bond motifs is 1. The van der Waals surface area contributed by atoms with Crippen LogP contribution in [0.3, 0.4) is 0 Å². The molecule has 0 saturated heterocycles. The van der Waals surface area contributed by atoms with Gasteiger partial charge in [0, 0.05) is 18.2 Å². The lowest BCUT2D eigenvalue weighted by Gasteiger charge is -2.39. The number of aromatic nitrogens is 1. The third-order valence-corrected chi connectivity index (χ3v) is 6.28. The lowest BCUT2D eigenvalue weighted by Crippen LogP contribution is -2.50. The molecule has 2 aromatic carbocycles. The number of ether oxygens (including phenoxy) is 1. The largest absolute Gasteiger partial charge is 0.491 e. The van der Waals surface area contributed by atoms with Gasteiger partial charge < -0.3 is 10.1 Å². The monoisotopic (exact) mass is 441 g/mol. The molecule has 1 amide bonds. The molecule has 2 heterocycles. The van der Waals surface area contributed by atoms with Crippen molar-refractivity contribution in [1.82, 2.24) is 10.3 Å². The zero-order valence-corrected chi connectivity index (χ0v) is 17.4. The Morgan fingerprint density at radius 1 is 1.19 bits per heavy atom. The second kappa shape index (κ2) is 7.75. The molecule has 1 aliphatic heterocycles. The Hall–Kier alpha value is -3.30. The number of aryl methyl sites for hydroxylation is 1. The van der Waals surface area contributed by atoms with Crippen LogP contribution >= 0.6 is 0 Å². The van der Waals surface area contributed by atoms with Crippen LogP contribution in [-0.2, 0) is 15.6 Å². The number of hydrogen-bond acceptors (Lipinski definition) is 5. The molecule has 0 fully saturated rings. The van der Waals surface area contributed by atoms with Gasteiger partial charge in [0.05, 0.1) is 11.5 Å². The van der Waals surface area contributed by atoms with E-state index in [1.54, 1.807) is 37.4 Å². The molecule has 0 bridgehead atoms. The molecule has 1 aliphatic rings. The fraction of sp³-hybridized carbons (Fsp3) is 0.182. The molecule has 0 radical (unpaired) electrons. The van der Waals surface area contributed by atoms with Crippen LogP contribution in [0.25, 0.3) is 0 Å². The predicted molar refractivity (Wildman–Crippen MR) is 112 cm³/mol. The van der Waals surface area contributed by atoms with E-state index in [9.17, 15) is 17.6 Å². The molecule has 4 rings (SSSR count). The van der Waals surface area contributed by atoms with Gasteiger partial charge in [-0.15, -0.1) is 0 Å². The van der Waals surface area contributed by atoms with Crippen molar-refractivity contribution in [1.29, 1.82) is 0 Å². The zero-order chi connectivity index (χ0) is 22.2. The second-order valence-corrected chi connectivity index (χ2v) is 8.90. The number of primary sulfonamides is 1. The van der Waals surface area contributed by atoms with Gasteiger partial charge in [0.25, 0.3) is 5.91 Å². The van der Waals surface area contributed by atoms with E-state index in [1.807, 2.05) is 0 Å². The lowest BCUT2D eigenvalue weighted by molar-refractivity contribution is 0.0883. The van der Waals surface area contributed by atoms with Crippen LogP contribution in [0.4, 0.5) is 4.39 Å². The van der Waals surface area contributed by atoms with Crippen LogP contribution in [0, 0.1) is 12.7 Å². The van der Waals surface area contributed by atoms with Crippen LogP contribution in [0.5, 0.6) is 5.75 Å². The highest BCUT2D eigenvalue weighted by Gasteiger charge is 2.42. The molecule has 3 aromatic rings. The highest BCUT2D eigenvalue weighted by Crippen LogP contribution is 2.41. The van der Waals surface area contributed by atoms with Gasteiger partial charge in [-0.1, -0.05) is 12.1 Å². The number of nitrogens with one attached hydrogen (secondary N) is 1. The first-order valence-electron chi connectivity index (χ1n) is 9.51. The summed E-state index contributed by atoms with van der Waals surface area (Å²) in [6, 6.07) is 13.5. The summed E-state index contributed by atoms with van der Waals surface area (Å²) in [4.78, 5) is 17.5. The Balaban J connectivity index is 1.79. The first-order chi connectivity index (χ1) is 14.7. The number of amides is 1. The molecule has 7 nitrogen and oxygen atoms in total. The summed E-state index contributed by atoms with van der Waals surface area (Å²) in [5, 5.41) is 8.12. The van der Waals surface area contributed by atoms with Gasteiger partial charge in [-0.3, -0.25) is 9.78 Å². The summed E-state index contributed by atoms with van der Waals surface area (Å²) < 4.78 is 43.1. The molecule has 31 heavy (non-hydrogen) atoms. The normalized spacial score (nSPS) is 18.0. The highest BCUT2D eigenvalue weighted by molar-refractivity contribution is 7.89. The molecule has 1 atom stereocenters. The van der Waals surface area contributed by atoms with E-state index in [-0.39, 0.29) is 10.5 Å². The van der Waals surface area contributed by atoms with E-state index in [0.29, 0.717) is 35.6 Å². The van der Waals surface area contributed by atoms with Crippen LogP contribution in [0.2, 0.25) is 0 Å². The van der Waals surface area contributed by atoms with Crippen molar-refractivity contribution in [2.45, 2.75) is 23.8 Å². The van der Waals surface area contributed by atoms with E-state index in [2.05, 4.69) is 10.3 Å². The molecule has 0 aliphatic carbocycles. The van der Waals surface area contributed by atoms with E-state index in [0.717, 1.165) is 0 Å². The number of carbonyl (C=O) groups is 1. The number of nitrogens with zero attached hydrogens (tertiary/aromatic N) is 1. The van der Waals surface area contributed by atoms with Gasteiger partial charge in [0.1, 0.15) is 22.8 Å². The fourth-order valence-corrected chi connectivity index (χ4v) is 4.17.